The van der Waals surface area contributed by atoms with Gasteiger partial charge in [-0.15, -0.1) is 0 Å². The molecule has 2 aliphatic rings. The van der Waals surface area contributed by atoms with E-state index in [0.717, 1.165) is 0 Å². The van der Waals surface area contributed by atoms with Crippen LogP contribution >= 0.6 is 0 Å². The molecule has 86 valence electrons. The third kappa shape index (κ3) is 1.55. The Kier molecular flexibility index (Phi) is 1.95. The highest BCUT2D eigenvalue weighted by molar-refractivity contribution is 6.56. The molecule has 0 saturated carbocycles. The molecule has 0 bridgehead atoms. The highest BCUT2D eigenvalue weighted by Crippen LogP contribution is 2.39. The monoisotopic (exact) mass is 222 g/mol. The summed E-state index contributed by atoms with van der Waals surface area (Å²) in [6.07, 6.45) is 0. The van der Waals surface area contributed by atoms with Crippen LogP contribution in [0.15, 0.2) is 24.3 Å². The first kappa shape index (κ1) is 9.95. The average Bonchev–Trinajstić information content (AvgIpc) is 2.62. The number of hydrogen-bond acceptors (Lipinski definition) is 5. The minimum absolute atomic E-state index is 0.348. The zero-order valence-corrected chi connectivity index (χ0v) is 9.01. The molecule has 1 fully saturated rings. The summed E-state index contributed by atoms with van der Waals surface area (Å²) in [5, 5.41) is 0. The maximum absolute atomic E-state index is 5.88. The van der Waals surface area contributed by atoms with Gasteiger partial charge in [0.25, 0.3) is 0 Å². The van der Waals surface area contributed by atoms with E-state index in [2.05, 4.69) is 0 Å². The zero-order chi connectivity index (χ0) is 11.2. The van der Waals surface area contributed by atoms with Crippen LogP contribution in [0.25, 0.3) is 0 Å². The molecule has 1 aromatic carbocycles. The van der Waals surface area contributed by atoms with Crippen molar-refractivity contribution >= 4 is 6.96 Å². The SMILES string of the molecule is CC1(N)CO[B-]2(OC1)Oc1ccccc1O2. The quantitative estimate of drug-likeness (QED) is 0.653. The van der Waals surface area contributed by atoms with Gasteiger partial charge in [-0.05, 0) is 19.1 Å². The standard InChI is InChI=1S/C10H13BNO4/c1-10(12)6-13-11(14-7-10)15-8-4-2-3-5-9(8)16-11/h2-5H,6-7,12H2,1H3/q-1. The van der Waals surface area contributed by atoms with Gasteiger partial charge in [0, 0.05) is 13.2 Å². The fourth-order valence-electron chi connectivity index (χ4n) is 1.79. The second kappa shape index (κ2) is 3.13. The summed E-state index contributed by atoms with van der Waals surface area (Å²) in [5.41, 5.74) is 5.39. The Bertz CT molecular complexity index is 386. The Labute approximate surface area is 93.5 Å². The zero-order valence-electron chi connectivity index (χ0n) is 9.01. The lowest BCUT2D eigenvalue weighted by Gasteiger charge is -2.44. The molecule has 0 aromatic heterocycles. The van der Waals surface area contributed by atoms with E-state index in [-0.39, 0.29) is 0 Å². The van der Waals surface area contributed by atoms with Crippen molar-refractivity contribution < 1.29 is 18.6 Å². The highest BCUT2D eigenvalue weighted by Gasteiger charge is 2.47. The molecule has 0 atom stereocenters. The second-order valence-electron chi connectivity index (χ2n) is 4.54. The molecule has 0 unspecified atom stereocenters. The Balaban J connectivity index is 1.81. The molecule has 5 nitrogen and oxygen atoms in total. The average molecular weight is 222 g/mol. The van der Waals surface area contributed by atoms with Crippen LogP contribution in [0.4, 0.5) is 0 Å². The highest BCUT2D eigenvalue weighted by atomic mass is 16.9. The summed E-state index contributed by atoms with van der Waals surface area (Å²) in [6, 6.07) is 7.37. The Morgan fingerprint density at radius 2 is 1.62 bits per heavy atom. The molecule has 2 aliphatic heterocycles. The Morgan fingerprint density at radius 3 is 2.12 bits per heavy atom. The molecular formula is C10H13BNO4-. The van der Waals surface area contributed by atoms with Gasteiger partial charge in [-0.25, -0.2) is 0 Å². The van der Waals surface area contributed by atoms with E-state index >= 15 is 0 Å². The van der Waals surface area contributed by atoms with Crippen LogP contribution < -0.4 is 15.0 Å². The summed E-state index contributed by atoms with van der Waals surface area (Å²) < 4.78 is 22.1. The van der Waals surface area contributed by atoms with Crippen LogP contribution in [0.3, 0.4) is 0 Å². The van der Waals surface area contributed by atoms with Crippen LogP contribution in [0.1, 0.15) is 6.92 Å². The van der Waals surface area contributed by atoms with Crippen molar-refractivity contribution in [3.05, 3.63) is 24.3 Å². The number of rotatable bonds is 0. The second-order valence-corrected chi connectivity index (χ2v) is 4.54. The van der Waals surface area contributed by atoms with Gasteiger partial charge >= 0.3 is 6.96 Å². The fraction of sp³-hybridized carbons (Fsp3) is 0.400. The molecule has 0 aliphatic carbocycles. The van der Waals surface area contributed by atoms with E-state index in [1.54, 1.807) is 0 Å². The van der Waals surface area contributed by atoms with Gasteiger partial charge in [0.05, 0.1) is 5.54 Å². The van der Waals surface area contributed by atoms with Crippen LogP contribution in [0.5, 0.6) is 11.5 Å². The van der Waals surface area contributed by atoms with Gasteiger partial charge in [-0.3, -0.25) is 0 Å². The van der Waals surface area contributed by atoms with E-state index in [9.17, 15) is 0 Å². The van der Waals surface area contributed by atoms with Gasteiger partial charge in [0.2, 0.25) is 0 Å². The number of fused-ring (bicyclic) bond motifs is 1. The lowest BCUT2D eigenvalue weighted by molar-refractivity contribution is -0.0232. The normalized spacial score (nSPS) is 24.6. The summed E-state index contributed by atoms with van der Waals surface area (Å²) in [6.45, 7) is 0.416. The lowest BCUT2D eigenvalue weighted by atomic mass is 9.97. The van der Waals surface area contributed by atoms with Gasteiger partial charge < -0.3 is 24.4 Å². The van der Waals surface area contributed by atoms with E-state index in [1.165, 1.54) is 0 Å². The smallest absolute Gasteiger partial charge is 0.632 e. The van der Waals surface area contributed by atoms with E-state index in [4.69, 9.17) is 24.4 Å². The van der Waals surface area contributed by atoms with E-state index in [1.807, 2.05) is 31.2 Å². The molecule has 16 heavy (non-hydrogen) atoms. The van der Waals surface area contributed by atoms with Crippen molar-refractivity contribution in [3.8, 4) is 11.5 Å². The first-order valence-corrected chi connectivity index (χ1v) is 5.25. The number of nitrogens with two attached hydrogens (primary N) is 1. The predicted molar refractivity (Wildman–Crippen MR) is 57.9 cm³/mol. The molecule has 0 radical (unpaired) electrons. The number of benzene rings is 1. The van der Waals surface area contributed by atoms with Crippen LogP contribution in [0.2, 0.25) is 0 Å². The van der Waals surface area contributed by atoms with E-state index in [0.29, 0.717) is 24.7 Å². The maximum Gasteiger partial charge on any atom is 0.652 e. The van der Waals surface area contributed by atoms with Crippen molar-refractivity contribution in [3.63, 3.8) is 0 Å². The van der Waals surface area contributed by atoms with Crippen molar-refractivity contribution in [2.45, 2.75) is 12.5 Å². The van der Waals surface area contributed by atoms with Crippen molar-refractivity contribution in [2.24, 2.45) is 5.73 Å². The van der Waals surface area contributed by atoms with Crippen molar-refractivity contribution in [1.82, 2.24) is 0 Å². The third-order valence-corrected chi connectivity index (χ3v) is 2.63. The molecule has 6 heteroatoms. The predicted octanol–water partition coefficient (Wildman–Crippen LogP) is 0.658. The topological polar surface area (TPSA) is 62.9 Å². The fourth-order valence-corrected chi connectivity index (χ4v) is 1.79. The molecule has 2 N–H and O–H groups in total. The molecule has 1 saturated heterocycles. The van der Waals surface area contributed by atoms with Gasteiger partial charge in [0.1, 0.15) is 11.5 Å². The van der Waals surface area contributed by atoms with Crippen LogP contribution in [-0.4, -0.2) is 25.7 Å². The van der Waals surface area contributed by atoms with Crippen molar-refractivity contribution in [2.75, 3.05) is 13.2 Å². The number of hydrogen-bond donors (Lipinski definition) is 1. The molecule has 2 heterocycles. The van der Waals surface area contributed by atoms with Gasteiger partial charge in [-0.2, -0.15) is 0 Å². The minimum atomic E-state index is -2.14. The van der Waals surface area contributed by atoms with Crippen LogP contribution in [-0.2, 0) is 9.31 Å². The number of para-hydroxylation sites is 2. The van der Waals surface area contributed by atoms with Crippen molar-refractivity contribution in [1.29, 1.82) is 0 Å². The minimum Gasteiger partial charge on any atom is -0.632 e. The largest absolute Gasteiger partial charge is 0.652 e. The molecule has 0 amide bonds. The van der Waals surface area contributed by atoms with Gasteiger partial charge in [-0.1, -0.05) is 12.1 Å². The lowest BCUT2D eigenvalue weighted by Crippen LogP contribution is -2.64. The van der Waals surface area contributed by atoms with E-state index < -0.39 is 12.5 Å². The maximum atomic E-state index is 5.88. The summed E-state index contributed by atoms with van der Waals surface area (Å²) in [4.78, 5) is 0. The first-order chi connectivity index (χ1) is 7.59. The molecule has 1 aromatic rings. The summed E-state index contributed by atoms with van der Waals surface area (Å²) >= 11 is 0. The first-order valence-electron chi connectivity index (χ1n) is 5.25. The molecule has 1 spiro atoms. The Morgan fingerprint density at radius 1 is 1.12 bits per heavy atom. The molecular weight excluding hydrogens is 209 g/mol. The van der Waals surface area contributed by atoms with Crippen LogP contribution in [0, 0.1) is 0 Å². The summed E-state index contributed by atoms with van der Waals surface area (Å²) in [5.74, 6) is 1.28. The molecule has 3 rings (SSSR count). The summed E-state index contributed by atoms with van der Waals surface area (Å²) in [7, 11) is 0. The Hall–Kier alpha value is -1.24. The third-order valence-electron chi connectivity index (χ3n) is 2.63. The van der Waals surface area contributed by atoms with Gasteiger partial charge in [0.15, 0.2) is 0 Å².